The fourth-order valence-corrected chi connectivity index (χ4v) is 2.40. The molecule has 1 heterocycles. The van der Waals surface area contributed by atoms with Gasteiger partial charge in [0.15, 0.2) is 0 Å². The van der Waals surface area contributed by atoms with Crippen LogP contribution in [0.3, 0.4) is 0 Å². The van der Waals surface area contributed by atoms with Crippen LogP contribution in [-0.4, -0.2) is 16.9 Å². The van der Waals surface area contributed by atoms with Crippen LogP contribution in [0.15, 0.2) is 66.9 Å². The van der Waals surface area contributed by atoms with Gasteiger partial charge in [0.05, 0.1) is 19.3 Å². The first-order valence-electron chi connectivity index (χ1n) is 7.25. The molecule has 0 fully saturated rings. The molecule has 0 saturated carbocycles. The number of anilines is 2. The Kier molecular flexibility index (Phi) is 4.10. The zero-order valence-electron chi connectivity index (χ0n) is 12.7. The van der Waals surface area contributed by atoms with Crippen molar-refractivity contribution in [2.75, 3.05) is 12.4 Å². The van der Waals surface area contributed by atoms with Gasteiger partial charge in [-0.05, 0) is 30.7 Å². The first-order valence-corrected chi connectivity index (χ1v) is 7.25. The van der Waals surface area contributed by atoms with Gasteiger partial charge in [-0.1, -0.05) is 36.5 Å². The van der Waals surface area contributed by atoms with Crippen LogP contribution >= 0.6 is 0 Å². The highest BCUT2D eigenvalue weighted by Gasteiger charge is 2.11. The highest BCUT2D eigenvalue weighted by atomic mass is 16.5. The second-order valence-electron chi connectivity index (χ2n) is 5.11. The van der Waals surface area contributed by atoms with E-state index in [1.165, 1.54) is 0 Å². The molecule has 1 aliphatic rings. The molecule has 1 aromatic carbocycles. The molecule has 0 saturated heterocycles. The zero-order valence-corrected chi connectivity index (χ0v) is 12.7. The Bertz CT molecular complexity index is 725. The average Bonchev–Trinajstić information content (AvgIpc) is 2.82. The minimum atomic E-state index is 0.103. The maximum Gasteiger partial charge on any atom is 0.129 e. The van der Waals surface area contributed by atoms with Gasteiger partial charge in [-0.15, -0.1) is 0 Å². The van der Waals surface area contributed by atoms with Crippen LogP contribution in [0, 0.1) is 6.92 Å². The highest BCUT2D eigenvalue weighted by Crippen LogP contribution is 2.26. The topological polar surface area (TPSA) is 39.1 Å². The van der Waals surface area contributed by atoms with Gasteiger partial charge in [0.2, 0.25) is 0 Å². The number of hydrogen-bond donors (Lipinski definition) is 1. The third-order valence-electron chi connectivity index (χ3n) is 3.60. The summed E-state index contributed by atoms with van der Waals surface area (Å²) in [5.41, 5.74) is 2.17. The molecule has 0 unspecified atom stereocenters. The zero-order chi connectivity index (χ0) is 15.4. The van der Waals surface area contributed by atoms with Crippen LogP contribution in [0.4, 0.5) is 11.5 Å². The fraction of sp³-hybridized carbons (Fsp3) is 0.167. The van der Waals surface area contributed by atoms with Crippen molar-refractivity contribution >= 4 is 11.5 Å². The number of ether oxygens (including phenoxy) is 1. The Morgan fingerprint density at radius 2 is 1.86 bits per heavy atom. The number of hydrogen-bond acceptors (Lipinski definition) is 3. The molecule has 1 aromatic heterocycles. The van der Waals surface area contributed by atoms with Crippen molar-refractivity contribution < 1.29 is 4.74 Å². The number of methoxy groups -OCH3 is 1. The van der Waals surface area contributed by atoms with Crippen molar-refractivity contribution in [3.63, 3.8) is 0 Å². The van der Waals surface area contributed by atoms with Gasteiger partial charge in [-0.25, -0.2) is 4.68 Å². The van der Waals surface area contributed by atoms with Gasteiger partial charge in [0, 0.05) is 11.8 Å². The molecule has 1 aliphatic carbocycles. The summed E-state index contributed by atoms with van der Waals surface area (Å²) in [6, 6.07) is 8.06. The summed E-state index contributed by atoms with van der Waals surface area (Å²) in [7, 11) is 1.68. The van der Waals surface area contributed by atoms with E-state index in [1.54, 1.807) is 13.3 Å². The number of benzene rings is 1. The smallest absolute Gasteiger partial charge is 0.129 e. The van der Waals surface area contributed by atoms with Crippen LogP contribution in [0.2, 0.25) is 0 Å². The number of allylic oxidation sites excluding steroid dienone is 6. The van der Waals surface area contributed by atoms with Crippen molar-refractivity contribution in [1.82, 2.24) is 9.78 Å². The van der Waals surface area contributed by atoms with Crippen molar-refractivity contribution in [3.05, 3.63) is 72.5 Å². The van der Waals surface area contributed by atoms with Crippen LogP contribution in [0.1, 0.15) is 11.6 Å². The lowest BCUT2D eigenvalue weighted by Crippen LogP contribution is -2.09. The SMILES string of the molecule is COc1ccc(Nc2ccnn2C2C=CC=CC=C2)c(C)c1. The van der Waals surface area contributed by atoms with Gasteiger partial charge in [-0.3, -0.25) is 0 Å². The summed E-state index contributed by atoms with van der Waals surface area (Å²) in [4.78, 5) is 0. The maximum absolute atomic E-state index is 5.25. The van der Waals surface area contributed by atoms with Crippen molar-refractivity contribution in [3.8, 4) is 5.75 Å². The lowest BCUT2D eigenvalue weighted by atomic mass is 10.2. The first-order chi connectivity index (χ1) is 10.8. The molecule has 22 heavy (non-hydrogen) atoms. The molecule has 2 aromatic rings. The Labute approximate surface area is 130 Å². The van der Waals surface area contributed by atoms with Gasteiger partial charge < -0.3 is 10.1 Å². The summed E-state index contributed by atoms with van der Waals surface area (Å²) in [6.07, 6.45) is 14.1. The summed E-state index contributed by atoms with van der Waals surface area (Å²) in [6.45, 7) is 2.06. The van der Waals surface area contributed by atoms with Gasteiger partial charge >= 0.3 is 0 Å². The quantitative estimate of drug-likeness (QED) is 0.919. The third kappa shape index (κ3) is 2.96. The minimum absolute atomic E-state index is 0.103. The Morgan fingerprint density at radius 1 is 1.09 bits per heavy atom. The molecule has 4 heteroatoms. The Balaban J connectivity index is 1.86. The van der Waals surface area contributed by atoms with E-state index in [9.17, 15) is 0 Å². The second kappa shape index (κ2) is 6.35. The Morgan fingerprint density at radius 3 is 2.55 bits per heavy atom. The van der Waals surface area contributed by atoms with E-state index in [2.05, 4.69) is 29.5 Å². The second-order valence-corrected chi connectivity index (χ2v) is 5.11. The molecule has 3 rings (SSSR count). The minimum Gasteiger partial charge on any atom is -0.497 e. The van der Waals surface area contributed by atoms with E-state index >= 15 is 0 Å². The highest BCUT2D eigenvalue weighted by molar-refractivity contribution is 5.62. The van der Waals surface area contributed by atoms with E-state index in [-0.39, 0.29) is 6.04 Å². The van der Waals surface area contributed by atoms with E-state index < -0.39 is 0 Å². The number of rotatable bonds is 4. The number of nitrogens with zero attached hydrogens (tertiary/aromatic N) is 2. The van der Waals surface area contributed by atoms with Crippen LogP contribution in [-0.2, 0) is 0 Å². The monoisotopic (exact) mass is 293 g/mol. The molecule has 0 atom stereocenters. The summed E-state index contributed by atoms with van der Waals surface area (Å²) >= 11 is 0. The Hall–Kier alpha value is -2.75. The fourth-order valence-electron chi connectivity index (χ4n) is 2.40. The van der Waals surface area contributed by atoms with Crippen LogP contribution < -0.4 is 10.1 Å². The molecule has 112 valence electrons. The molecule has 0 aliphatic heterocycles. The lowest BCUT2D eigenvalue weighted by Gasteiger charge is -2.16. The van der Waals surface area contributed by atoms with E-state index in [0.29, 0.717) is 0 Å². The van der Waals surface area contributed by atoms with Crippen molar-refractivity contribution in [2.45, 2.75) is 13.0 Å². The predicted octanol–water partition coefficient (Wildman–Crippen LogP) is 4.17. The van der Waals surface area contributed by atoms with Crippen LogP contribution in [0.25, 0.3) is 0 Å². The van der Waals surface area contributed by atoms with E-state index in [4.69, 9.17) is 4.74 Å². The number of aryl methyl sites for hydroxylation is 1. The van der Waals surface area contributed by atoms with Gasteiger partial charge in [-0.2, -0.15) is 5.10 Å². The summed E-state index contributed by atoms with van der Waals surface area (Å²) in [5.74, 6) is 1.81. The molecule has 0 amide bonds. The molecule has 0 bridgehead atoms. The normalized spacial score (nSPS) is 14.1. The molecular weight excluding hydrogens is 274 g/mol. The molecular formula is C18H19N3O. The summed E-state index contributed by atoms with van der Waals surface area (Å²) < 4.78 is 7.21. The maximum atomic E-state index is 5.25. The molecule has 1 N–H and O–H groups in total. The third-order valence-corrected chi connectivity index (χ3v) is 3.60. The van der Waals surface area contributed by atoms with Gasteiger partial charge in [0.25, 0.3) is 0 Å². The van der Waals surface area contributed by atoms with Crippen LogP contribution in [0.5, 0.6) is 5.75 Å². The van der Waals surface area contributed by atoms with E-state index in [1.807, 2.05) is 53.3 Å². The largest absolute Gasteiger partial charge is 0.497 e. The molecule has 0 radical (unpaired) electrons. The van der Waals surface area contributed by atoms with E-state index in [0.717, 1.165) is 22.8 Å². The predicted molar refractivity (Wildman–Crippen MR) is 89.7 cm³/mol. The van der Waals surface area contributed by atoms with Gasteiger partial charge in [0.1, 0.15) is 11.6 Å². The van der Waals surface area contributed by atoms with Crippen molar-refractivity contribution in [1.29, 1.82) is 0 Å². The average molecular weight is 293 g/mol. The standard InChI is InChI=1S/C18H19N3O/c1-14-13-16(22-2)9-10-17(14)20-18-11-12-19-21(18)15-7-5-3-4-6-8-15/h3-13,15,20H,1-2H3. The number of nitrogens with one attached hydrogen (secondary N) is 1. The van der Waals surface area contributed by atoms with Crippen molar-refractivity contribution in [2.24, 2.45) is 0 Å². The first kappa shape index (κ1) is 14.2. The molecule has 0 spiro atoms. The summed E-state index contributed by atoms with van der Waals surface area (Å²) in [5, 5.41) is 7.89. The lowest BCUT2D eigenvalue weighted by molar-refractivity contribution is 0.414. The number of aromatic nitrogens is 2. The molecule has 4 nitrogen and oxygen atoms in total.